The first-order chi connectivity index (χ1) is 8.45. The van der Waals surface area contributed by atoms with Gasteiger partial charge < -0.3 is 0 Å². The van der Waals surface area contributed by atoms with E-state index in [0.717, 1.165) is 23.7 Å². The van der Waals surface area contributed by atoms with Crippen molar-refractivity contribution < 1.29 is 0 Å². The third-order valence-corrected chi connectivity index (χ3v) is 3.93. The van der Waals surface area contributed by atoms with Crippen LogP contribution in [0.5, 0.6) is 0 Å². The first kappa shape index (κ1) is 18.0. The molecule has 110 valence electrons. The molecule has 2 unspecified atom stereocenters. The van der Waals surface area contributed by atoms with Gasteiger partial charge in [-0.2, -0.15) is 0 Å². The van der Waals surface area contributed by atoms with Gasteiger partial charge >= 0.3 is 0 Å². The molecule has 0 N–H and O–H groups in total. The van der Waals surface area contributed by atoms with E-state index in [9.17, 15) is 0 Å². The molecule has 0 amide bonds. The molecule has 0 bridgehead atoms. The van der Waals surface area contributed by atoms with Crippen LogP contribution >= 0.6 is 0 Å². The molecule has 0 aromatic heterocycles. The molecular formula is C18H38. The summed E-state index contributed by atoms with van der Waals surface area (Å²) in [4.78, 5) is 0. The van der Waals surface area contributed by atoms with E-state index in [4.69, 9.17) is 0 Å². The lowest BCUT2D eigenvalue weighted by molar-refractivity contribution is 0.336. The standard InChI is InChI=1S/C18H38/c1-7-10-18(14-16(4)5)12-9-8-11-17(6)13-15(2)3/h15-18H,7-14H2,1-6H3. The van der Waals surface area contributed by atoms with Crippen LogP contribution in [0.4, 0.5) is 0 Å². The van der Waals surface area contributed by atoms with Crippen molar-refractivity contribution in [1.29, 1.82) is 0 Å². The van der Waals surface area contributed by atoms with E-state index < -0.39 is 0 Å². The maximum atomic E-state index is 2.43. The monoisotopic (exact) mass is 254 g/mol. The zero-order valence-electron chi connectivity index (χ0n) is 14.0. The highest BCUT2D eigenvalue weighted by atomic mass is 14.2. The summed E-state index contributed by atoms with van der Waals surface area (Å²) in [5.41, 5.74) is 0. The van der Waals surface area contributed by atoms with Crippen molar-refractivity contribution in [2.24, 2.45) is 23.7 Å². The Morgan fingerprint density at radius 2 is 1.22 bits per heavy atom. The smallest absolute Gasteiger partial charge is 0.0412 e. The minimum atomic E-state index is 0.869. The van der Waals surface area contributed by atoms with E-state index in [1.165, 1.54) is 51.4 Å². The molecular weight excluding hydrogens is 216 g/mol. The van der Waals surface area contributed by atoms with Gasteiger partial charge in [-0.05, 0) is 36.5 Å². The summed E-state index contributed by atoms with van der Waals surface area (Å²) in [7, 11) is 0. The first-order valence-electron chi connectivity index (χ1n) is 8.45. The van der Waals surface area contributed by atoms with Crippen LogP contribution in [0.3, 0.4) is 0 Å². The summed E-state index contributed by atoms with van der Waals surface area (Å²) in [6.07, 6.45) is 11.5. The average molecular weight is 255 g/mol. The molecule has 0 aromatic rings. The summed E-state index contributed by atoms with van der Waals surface area (Å²) in [5, 5.41) is 0. The van der Waals surface area contributed by atoms with Crippen LogP contribution in [0.2, 0.25) is 0 Å². The second kappa shape index (κ2) is 10.9. The van der Waals surface area contributed by atoms with Gasteiger partial charge in [0.25, 0.3) is 0 Å². The SMILES string of the molecule is CCCC(CCCCC(C)CC(C)C)CC(C)C. The third-order valence-electron chi connectivity index (χ3n) is 3.93. The highest BCUT2D eigenvalue weighted by Crippen LogP contribution is 2.24. The fraction of sp³-hybridized carbons (Fsp3) is 1.00. The van der Waals surface area contributed by atoms with Gasteiger partial charge in [0.1, 0.15) is 0 Å². The number of unbranched alkanes of at least 4 members (excludes halogenated alkanes) is 1. The predicted molar refractivity (Wildman–Crippen MR) is 84.9 cm³/mol. The molecule has 0 aromatic carbocycles. The van der Waals surface area contributed by atoms with Crippen LogP contribution in [0, 0.1) is 23.7 Å². The highest BCUT2D eigenvalue weighted by molar-refractivity contribution is 4.63. The largest absolute Gasteiger partial charge is 0.0654 e. The van der Waals surface area contributed by atoms with E-state index in [-0.39, 0.29) is 0 Å². The number of rotatable bonds is 11. The predicted octanol–water partition coefficient (Wildman–Crippen LogP) is 6.69. The quantitative estimate of drug-likeness (QED) is 0.360. The minimum absolute atomic E-state index is 0.869. The summed E-state index contributed by atoms with van der Waals surface area (Å²) < 4.78 is 0. The van der Waals surface area contributed by atoms with Crippen LogP contribution in [-0.4, -0.2) is 0 Å². The maximum absolute atomic E-state index is 2.43. The van der Waals surface area contributed by atoms with E-state index >= 15 is 0 Å². The van der Waals surface area contributed by atoms with Crippen molar-refractivity contribution in [1.82, 2.24) is 0 Å². The molecule has 0 radical (unpaired) electrons. The van der Waals surface area contributed by atoms with Gasteiger partial charge in [-0.3, -0.25) is 0 Å². The number of hydrogen-bond acceptors (Lipinski definition) is 0. The molecule has 18 heavy (non-hydrogen) atoms. The van der Waals surface area contributed by atoms with Crippen molar-refractivity contribution in [3.05, 3.63) is 0 Å². The summed E-state index contributed by atoms with van der Waals surface area (Å²) >= 11 is 0. The Hall–Kier alpha value is 0. The molecule has 0 fully saturated rings. The Morgan fingerprint density at radius 1 is 0.667 bits per heavy atom. The average Bonchev–Trinajstić information content (AvgIpc) is 2.22. The molecule has 0 saturated heterocycles. The zero-order chi connectivity index (χ0) is 14.0. The van der Waals surface area contributed by atoms with Gasteiger partial charge in [-0.25, -0.2) is 0 Å². The van der Waals surface area contributed by atoms with Crippen LogP contribution in [-0.2, 0) is 0 Å². The van der Waals surface area contributed by atoms with Gasteiger partial charge in [0.15, 0.2) is 0 Å². The highest BCUT2D eigenvalue weighted by Gasteiger charge is 2.10. The molecule has 0 saturated carbocycles. The summed E-state index contributed by atoms with van der Waals surface area (Å²) in [6, 6.07) is 0. The van der Waals surface area contributed by atoms with Crippen LogP contribution in [0.15, 0.2) is 0 Å². The Balaban J connectivity index is 3.65. The minimum Gasteiger partial charge on any atom is -0.0654 e. The van der Waals surface area contributed by atoms with Crippen molar-refractivity contribution in [3.8, 4) is 0 Å². The van der Waals surface area contributed by atoms with Gasteiger partial charge in [0.05, 0.1) is 0 Å². The fourth-order valence-electron chi connectivity index (χ4n) is 3.30. The lowest BCUT2D eigenvalue weighted by Crippen LogP contribution is -2.05. The third kappa shape index (κ3) is 11.1. The second-order valence-corrected chi connectivity index (χ2v) is 7.30. The lowest BCUT2D eigenvalue weighted by atomic mass is 9.87. The Morgan fingerprint density at radius 3 is 1.72 bits per heavy atom. The molecule has 2 atom stereocenters. The van der Waals surface area contributed by atoms with Crippen molar-refractivity contribution in [2.45, 2.75) is 92.9 Å². The Labute approximate surface area is 117 Å². The number of hydrogen-bond donors (Lipinski definition) is 0. The summed E-state index contributed by atoms with van der Waals surface area (Å²) in [5.74, 6) is 3.67. The van der Waals surface area contributed by atoms with E-state index in [0.29, 0.717) is 0 Å². The van der Waals surface area contributed by atoms with Gasteiger partial charge in [0.2, 0.25) is 0 Å². The molecule has 0 rings (SSSR count). The topological polar surface area (TPSA) is 0 Å². The van der Waals surface area contributed by atoms with Crippen LogP contribution in [0.1, 0.15) is 92.9 Å². The van der Waals surface area contributed by atoms with Crippen LogP contribution < -0.4 is 0 Å². The molecule has 0 aliphatic carbocycles. The van der Waals surface area contributed by atoms with Gasteiger partial charge in [-0.15, -0.1) is 0 Å². The molecule has 0 heterocycles. The van der Waals surface area contributed by atoms with Crippen molar-refractivity contribution in [2.75, 3.05) is 0 Å². The molecule has 0 heteroatoms. The van der Waals surface area contributed by atoms with E-state index in [2.05, 4.69) is 41.5 Å². The molecule has 0 aliphatic heterocycles. The van der Waals surface area contributed by atoms with Gasteiger partial charge in [-0.1, -0.05) is 80.1 Å². The Bertz CT molecular complexity index is 169. The molecule has 0 nitrogen and oxygen atoms in total. The van der Waals surface area contributed by atoms with Crippen molar-refractivity contribution in [3.63, 3.8) is 0 Å². The normalized spacial score (nSPS) is 15.3. The fourth-order valence-corrected chi connectivity index (χ4v) is 3.30. The van der Waals surface area contributed by atoms with Crippen molar-refractivity contribution >= 4 is 0 Å². The first-order valence-corrected chi connectivity index (χ1v) is 8.45. The second-order valence-electron chi connectivity index (χ2n) is 7.30. The van der Waals surface area contributed by atoms with E-state index in [1.807, 2.05) is 0 Å². The van der Waals surface area contributed by atoms with Gasteiger partial charge in [0, 0.05) is 0 Å². The zero-order valence-corrected chi connectivity index (χ0v) is 14.0. The summed E-state index contributed by atoms with van der Waals surface area (Å²) in [6.45, 7) is 14.2. The maximum Gasteiger partial charge on any atom is -0.0412 e. The molecule has 0 spiro atoms. The Kier molecular flexibility index (Phi) is 10.9. The lowest BCUT2D eigenvalue weighted by Gasteiger charge is -2.19. The van der Waals surface area contributed by atoms with Crippen LogP contribution in [0.25, 0.3) is 0 Å². The van der Waals surface area contributed by atoms with E-state index in [1.54, 1.807) is 0 Å². The molecule has 0 aliphatic rings.